The van der Waals surface area contributed by atoms with Crippen molar-refractivity contribution < 1.29 is 19.2 Å². The Morgan fingerprint density at radius 3 is 2.91 bits per heavy atom. The maximum absolute atomic E-state index is 12.1. The molecule has 0 spiro atoms. The zero-order chi connectivity index (χ0) is 15.5. The molecule has 1 fully saturated rings. The second-order valence-electron chi connectivity index (χ2n) is 5.14. The van der Waals surface area contributed by atoms with E-state index in [0.29, 0.717) is 18.1 Å². The number of carbonyl (C=O) groups excluding carboxylic acids is 1. The maximum atomic E-state index is 12.1. The topological polar surface area (TPSA) is 96.5 Å². The lowest BCUT2D eigenvalue weighted by Crippen LogP contribution is -2.37. The Morgan fingerprint density at radius 1 is 1.45 bits per heavy atom. The van der Waals surface area contributed by atoms with Crippen molar-refractivity contribution in [2.75, 3.05) is 6.54 Å². The number of rotatable bonds is 7. The molecule has 1 amide bonds. The molecule has 8 heteroatoms. The number of hydrogen-bond donors (Lipinski definition) is 1. The molecule has 1 aliphatic rings. The minimum Gasteiger partial charge on any atom is -0.480 e. The molecule has 3 rings (SSSR count). The molecule has 2 heterocycles. The van der Waals surface area contributed by atoms with Crippen molar-refractivity contribution in [3.8, 4) is 10.7 Å². The van der Waals surface area contributed by atoms with Crippen LogP contribution < -0.4 is 0 Å². The minimum atomic E-state index is -0.988. The highest BCUT2D eigenvalue weighted by Gasteiger charge is 2.33. The van der Waals surface area contributed by atoms with Gasteiger partial charge in [-0.2, -0.15) is 4.98 Å². The van der Waals surface area contributed by atoms with Gasteiger partial charge in [-0.15, -0.1) is 11.3 Å². The molecule has 0 aromatic carbocycles. The number of thiophene rings is 1. The highest BCUT2D eigenvalue weighted by atomic mass is 32.1. The van der Waals surface area contributed by atoms with E-state index in [1.165, 1.54) is 16.2 Å². The number of nitrogens with zero attached hydrogens (tertiary/aromatic N) is 3. The molecular weight excluding hydrogens is 306 g/mol. The maximum Gasteiger partial charge on any atom is 0.323 e. The Bertz CT molecular complexity index is 663. The van der Waals surface area contributed by atoms with Crippen LogP contribution in [0.5, 0.6) is 0 Å². The van der Waals surface area contributed by atoms with Gasteiger partial charge in [0.15, 0.2) is 0 Å². The zero-order valence-electron chi connectivity index (χ0n) is 11.8. The predicted molar refractivity (Wildman–Crippen MR) is 78.3 cm³/mol. The average molecular weight is 321 g/mol. The van der Waals surface area contributed by atoms with Crippen molar-refractivity contribution in [1.82, 2.24) is 15.0 Å². The molecule has 0 bridgehead atoms. The summed E-state index contributed by atoms with van der Waals surface area (Å²) in [5.74, 6) is -0.261. The summed E-state index contributed by atoms with van der Waals surface area (Å²) in [6, 6.07) is 3.87. The van der Waals surface area contributed by atoms with Crippen LogP contribution in [0, 0.1) is 0 Å². The van der Waals surface area contributed by atoms with Gasteiger partial charge in [0.2, 0.25) is 17.6 Å². The van der Waals surface area contributed by atoms with E-state index in [1.807, 2.05) is 17.5 Å². The molecule has 22 heavy (non-hydrogen) atoms. The molecule has 1 saturated carbocycles. The van der Waals surface area contributed by atoms with Gasteiger partial charge in [0, 0.05) is 18.9 Å². The molecule has 0 radical (unpaired) electrons. The van der Waals surface area contributed by atoms with Crippen molar-refractivity contribution in [3.05, 3.63) is 23.4 Å². The summed E-state index contributed by atoms with van der Waals surface area (Å²) in [5.41, 5.74) is 0. The van der Waals surface area contributed by atoms with Crippen LogP contribution in [0.25, 0.3) is 10.7 Å². The molecule has 0 atom stereocenters. The first-order valence-electron chi connectivity index (χ1n) is 7.01. The fourth-order valence-corrected chi connectivity index (χ4v) is 2.82. The Balaban J connectivity index is 1.57. The minimum absolute atomic E-state index is 0.0768. The first-order valence-corrected chi connectivity index (χ1v) is 7.89. The van der Waals surface area contributed by atoms with Crippen LogP contribution in [0.15, 0.2) is 22.0 Å². The summed E-state index contributed by atoms with van der Waals surface area (Å²) in [4.78, 5) is 29.6. The number of carbonyl (C=O) groups is 2. The first-order chi connectivity index (χ1) is 10.6. The normalized spacial score (nSPS) is 14.0. The largest absolute Gasteiger partial charge is 0.480 e. The monoisotopic (exact) mass is 321 g/mol. The molecule has 0 saturated heterocycles. The van der Waals surface area contributed by atoms with Crippen molar-refractivity contribution in [2.24, 2.45) is 0 Å². The molecular formula is C14H15N3O4S. The number of aryl methyl sites for hydroxylation is 1. The summed E-state index contributed by atoms with van der Waals surface area (Å²) < 4.78 is 5.13. The van der Waals surface area contributed by atoms with Gasteiger partial charge in [0.05, 0.1) is 4.88 Å². The summed E-state index contributed by atoms with van der Waals surface area (Å²) in [6.45, 7) is -0.242. The zero-order valence-corrected chi connectivity index (χ0v) is 12.6. The molecule has 7 nitrogen and oxygen atoms in total. The second-order valence-corrected chi connectivity index (χ2v) is 6.08. The van der Waals surface area contributed by atoms with E-state index < -0.39 is 5.97 Å². The van der Waals surface area contributed by atoms with E-state index in [0.717, 1.165) is 17.7 Å². The Morgan fingerprint density at radius 2 is 2.27 bits per heavy atom. The summed E-state index contributed by atoms with van der Waals surface area (Å²) in [5, 5.41) is 14.7. The quantitative estimate of drug-likeness (QED) is 0.835. The molecule has 2 aromatic heterocycles. The third kappa shape index (κ3) is 3.51. The van der Waals surface area contributed by atoms with Gasteiger partial charge in [0.25, 0.3) is 0 Å². The van der Waals surface area contributed by atoms with Crippen LogP contribution in [-0.2, 0) is 16.0 Å². The van der Waals surface area contributed by atoms with Gasteiger partial charge in [-0.25, -0.2) is 0 Å². The standard InChI is InChI=1S/C14H15N3O4S/c18-12(17(8-13(19)20)9-3-4-9)6-5-11-15-14(16-21-11)10-2-1-7-22-10/h1-2,7,9H,3-6,8H2,(H,19,20). The Kier molecular flexibility index (Phi) is 4.19. The van der Waals surface area contributed by atoms with Gasteiger partial charge in [-0.1, -0.05) is 11.2 Å². The highest BCUT2D eigenvalue weighted by molar-refractivity contribution is 7.13. The van der Waals surface area contributed by atoms with Crippen LogP contribution in [0.2, 0.25) is 0 Å². The predicted octanol–water partition coefficient (Wildman–Crippen LogP) is 1.81. The molecule has 0 aliphatic heterocycles. The lowest BCUT2D eigenvalue weighted by Gasteiger charge is -2.19. The molecule has 0 unspecified atom stereocenters. The van der Waals surface area contributed by atoms with Crippen molar-refractivity contribution in [3.63, 3.8) is 0 Å². The smallest absolute Gasteiger partial charge is 0.323 e. The fourth-order valence-electron chi connectivity index (χ4n) is 2.17. The van der Waals surface area contributed by atoms with Crippen LogP contribution >= 0.6 is 11.3 Å². The van der Waals surface area contributed by atoms with Gasteiger partial charge >= 0.3 is 5.97 Å². The van der Waals surface area contributed by atoms with Crippen LogP contribution in [0.1, 0.15) is 25.2 Å². The second kappa shape index (κ2) is 6.27. The van der Waals surface area contributed by atoms with E-state index in [2.05, 4.69) is 10.1 Å². The number of carboxylic acids is 1. The third-order valence-corrected chi connectivity index (χ3v) is 4.24. The van der Waals surface area contributed by atoms with E-state index in [9.17, 15) is 9.59 Å². The van der Waals surface area contributed by atoms with E-state index in [4.69, 9.17) is 9.63 Å². The van der Waals surface area contributed by atoms with Gasteiger partial charge in [0.1, 0.15) is 6.54 Å². The molecule has 1 aliphatic carbocycles. The SMILES string of the molecule is O=C(O)CN(C(=O)CCc1nc(-c2cccs2)no1)C1CC1. The molecule has 1 N–H and O–H groups in total. The molecule has 116 valence electrons. The van der Waals surface area contributed by atoms with Crippen LogP contribution in [-0.4, -0.2) is 44.6 Å². The van der Waals surface area contributed by atoms with Gasteiger partial charge < -0.3 is 14.5 Å². The number of amides is 1. The summed E-state index contributed by atoms with van der Waals surface area (Å²) >= 11 is 1.51. The average Bonchev–Trinajstić information content (AvgIpc) is 3.00. The van der Waals surface area contributed by atoms with Gasteiger partial charge in [-0.05, 0) is 24.3 Å². The highest BCUT2D eigenvalue weighted by Crippen LogP contribution is 2.27. The van der Waals surface area contributed by atoms with Crippen molar-refractivity contribution in [2.45, 2.75) is 31.7 Å². The Labute approximate surface area is 130 Å². The third-order valence-electron chi connectivity index (χ3n) is 3.38. The molecule has 2 aromatic rings. The van der Waals surface area contributed by atoms with Crippen LogP contribution in [0.3, 0.4) is 0 Å². The van der Waals surface area contributed by atoms with Crippen LogP contribution in [0.4, 0.5) is 0 Å². The van der Waals surface area contributed by atoms with Crippen molar-refractivity contribution >= 4 is 23.2 Å². The first kappa shape index (κ1) is 14.7. The lowest BCUT2D eigenvalue weighted by atomic mass is 10.2. The number of aromatic nitrogens is 2. The van der Waals surface area contributed by atoms with E-state index in [-0.39, 0.29) is 24.9 Å². The fraction of sp³-hybridized carbons (Fsp3) is 0.429. The van der Waals surface area contributed by atoms with E-state index >= 15 is 0 Å². The summed E-state index contributed by atoms with van der Waals surface area (Å²) in [6.07, 6.45) is 2.25. The Hall–Kier alpha value is -2.22. The number of hydrogen-bond acceptors (Lipinski definition) is 6. The summed E-state index contributed by atoms with van der Waals surface area (Å²) in [7, 11) is 0. The van der Waals surface area contributed by atoms with Crippen molar-refractivity contribution in [1.29, 1.82) is 0 Å². The lowest BCUT2D eigenvalue weighted by molar-refractivity contribution is -0.144. The van der Waals surface area contributed by atoms with Gasteiger partial charge in [-0.3, -0.25) is 9.59 Å². The number of aliphatic carboxylic acids is 1. The number of carboxylic acid groups (broad SMARTS) is 1. The van der Waals surface area contributed by atoms with E-state index in [1.54, 1.807) is 0 Å².